The molecule has 0 amide bonds. The molecule has 1 aliphatic rings. The van der Waals surface area contributed by atoms with Crippen molar-refractivity contribution >= 4 is 5.97 Å². The van der Waals surface area contributed by atoms with E-state index in [1.54, 1.807) is 6.20 Å². The monoisotopic (exact) mass is 206 g/mol. The first kappa shape index (κ1) is 10.1. The molecule has 1 aliphatic heterocycles. The topological polar surface area (TPSA) is 62.2 Å². The van der Waals surface area contributed by atoms with Crippen LogP contribution in [-0.2, 0) is 10.2 Å². The van der Waals surface area contributed by atoms with Gasteiger partial charge in [0.1, 0.15) is 0 Å². The number of carbonyl (C=O) groups is 1. The number of hydrogen-bond donors (Lipinski definition) is 2. The first-order chi connectivity index (χ1) is 7.14. The summed E-state index contributed by atoms with van der Waals surface area (Å²) in [6.07, 6.45) is 1.71. The van der Waals surface area contributed by atoms with Crippen LogP contribution in [0.2, 0.25) is 0 Å². The van der Waals surface area contributed by atoms with Gasteiger partial charge in [-0.05, 0) is 12.1 Å². The summed E-state index contributed by atoms with van der Waals surface area (Å²) >= 11 is 0. The molecule has 1 saturated heterocycles. The van der Waals surface area contributed by atoms with Gasteiger partial charge in [0, 0.05) is 30.4 Å². The van der Waals surface area contributed by atoms with Crippen molar-refractivity contribution < 1.29 is 9.90 Å². The lowest BCUT2D eigenvalue weighted by Crippen LogP contribution is -2.37. The Hall–Kier alpha value is -1.42. The minimum absolute atomic E-state index is 0.396. The quantitative estimate of drug-likeness (QED) is 0.745. The van der Waals surface area contributed by atoms with Crippen LogP contribution in [0.25, 0.3) is 0 Å². The fourth-order valence-corrected chi connectivity index (χ4v) is 2.15. The summed E-state index contributed by atoms with van der Waals surface area (Å²) in [6, 6.07) is 5.62. The van der Waals surface area contributed by atoms with Crippen molar-refractivity contribution in [1.82, 2.24) is 10.3 Å². The van der Waals surface area contributed by atoms with E-state index in [1.807, 2.05) is 25.1 Å². The smallest absolute Gasteiger partial charge is 0.308 e. The SMILES string of the molecule is C[C@]1(c2ccccn2)CNC[C@@H]1C(=O)O. The zero-order valence-corrected chi connectivity index (χ0v) is 8.60. The van der Waals surface area contributed by atoms with Crippen molar-refractivity contribution in [3.8, 4) is 0 Å². The highest BCUT2D eigenvalue weighted by atomic mass is 16.4. The van der Waals surface area contributed by atoms with E-state index >= 15 is 0 Å². The number of rotatable bonds is 2. The lowest BCUT2D eigenvalue weighted by Gasteiger charge is -2.26. The van der Waals surface area contributed by atoms with Crippen molar-refractivity contribution in [3.05, 3.63) is 30.1 Å². The van der Waals surface area contributed by atoms with Crippen LogP contribution in [0.5, 0.6) is 0 Å². The van der Waals surface area contributed by atoms with E-state index < -0.39 is 17.3 Å². The van der Waals surface area contributed by atoms with Gasteiger partial charge < -0.3 is 10.4 Å². The number of aliphatic carboxylic acids is 1. The largest absolute Gasteiger partial charge is 0.481 e. The summed E-state index contributed by atoms with van der Waals surface area (Å²) in [5.41, 5.74) is 0.454. The predicted molar refractivity (Wildman–Crippen MR) is 55.6 cm³/mol. The van der Waals surface area contributed by atoms with Gasteiger partial charge in [-0.15, -0.1) is 0 Å². The molecule has 0 aliphatic carbocycles. The third kappa shape index (κ3) is 1.61. The van der Waals surface area contributed by atoms with Crippen molar-refractivity contribution in [3.63, 3.8) is 0 Å². The second kappa shape index (κ2) is 3.62. The number of carboxylic acids is 1. The van der Waals surface area contributed by atoms with Crippen LogP contribution in [0, 0.1) is 5.92 Å². The molecule has 2 atom stereocenters. The minimum atomic E-state index is -0.756. The van der Waals surface area contributed by atoms with Crippen LogP contribution in [0.4, 0.5) is 0 Å². The molecule has 0 spiro atoms. The van der Waals surface area contributed by atoms with Crippen molar-refractivity contribution in [1.29, 1.82) is 0 Å². The molecule has 2 rings (SSSR count). The average molecular weight is 206 g/mol. The number of carboxylic acid groups (broad SMARTS) is 1. The molecule has 0 saturated carbocycles. The summed E-state index contributed by atoms with van der Waals surface area (Å²) in [4.78, 5) is 15.4. The number of nitrogens with zero attached hydrogens (tertiary/aromatic N) is 1. The van der Waals surface area contributed by atoms with E-state index in [2.05, 4.69) is 10.3 Å². The second-order valence-corrected chi connectivity index (χ2v) is 4.15. The molecular formula is C11H14N2O2. The summed E-state index contributed by atoms with van der Waals surface area (Å²) in [5, 5.41) is 12.3. The second-order valence-electron chi connectivity index (χ2n) is 4.15. The van der Waals surface area contributed by atoms with E-state index in [1.165, 1.54) is 0 Å². The Bertz CT molecular complexity index is 366. The predicted octanol–water partition coefficient (Wildman–Crippen LogP) is 0.643. The Morgan fingerprint density at radius 3 is 3.07 bits per heavy atom. The molecule has 0 bridgehead atoms. The van der Waals surface area contributed by atoms with Gasteiger partial charge in [-0.3, -0.25) is 9.78 Å². The molecule has 80 valence electrons. The van der Waals surface area contributed by atoms with Gasteiger partial charge in [-0.1, -0.05) is 13.0 Å². The molecule has 15 heavy (non-hydrogen) atoms. The Morgan fingerprint density at radius 1 is 1.67 bits per heavy atom. The highest BCUT2D eigenvalue weighted by molar-refractivity contribution is 5.73. The average Bonchev–Trinajstić information content (AvgIpc) is 2.63. The first-order valence-electron chi connectivity index (χ1n) is 4.99. The molecule has 2 N–H and O–H groups in total. The number of nitrogens with one attached hydrogen (secondary N) is 1. The minimum Gasteiger partial charge on any atom is -0.481 e. The van der Waals surface area contributed by atoms with Gasteiger partial charge in [-0.25, -0.2) is 0 Å². The van der Waals surface area contributed by atoms with Crippen LogP contribution >= 0.6 is 0 Å². The number of pyridine rings is 1. The molecule has 0 unspecified atom stereocenters. The van der Waals surface area contributed by atoms with E-state index in [0.717, 1.165) is 5.69 Å². The fraction of sp³-hybridized carbons (Fsp3) is 0.455. The van der Waals surface area contributed by atoms with Crippen molar-refractivity contribution in [2.24, 2.45) is 5.92 Å². The summed E-state index contributed by atoms with van der Waals surface area (Å²) < 4.78 is 0. The van der Waals surface area contributed by atoms with E-state index in [9.17, 15) is 4.79 Å². The van der Waals surface area contributed by atoms with Crippen LogP contribution in [0.1, 0.15) is 12.6 Å². The molecule has 4 nitrogen and oxygen atoms in total. The van der Waals surface area contributed by atoms with Crippen molar-refractivity contribution in [2.75, 3.05) is 13.1 Å². The molecule has 4 heteroatoms. The number of hydrogen-bond acceptors (Lipinski definition) is 3. The van der Waals surface area contributed by atoms with Gasteiger partial charge in [0.2, 0.25) is 0 Å². The van der Waals surface area contributed by atoms with Gasteiger partial charge in [0.25, 0.3) is 0 Å². The van der Waals surface area contributed by atoms with E-state index in [0.29, 0.717) is 13.1 Å². The van der Waals surface area contributed by atoms with E-state index in [-0.39, 0.29) is 0 Å². The van der Waals surface area contributed by atoms with Crippen LogP contribution in [0.3, 0.4) is 0 Å². The Labute approximate surface area is 88.3 Å². The van der Waals surface area contributed by atoms with E-state index in [4.69, 9.17) is 5.11 Å². The number of aromatic nitrogens is 1. The van der Waals surface area contributed by atoms with Crippen LogP contribution < -0.4 is 5.32 Å². The molecule has 0 radical (unpaired) electrons. The summed E-state index contributed by atoms with van der Waals surface area (Å²) in [5.74, 6) is -1.15. The zero-order valence-electron chi connectivity index (χ0n) is 8.60. The third-order valence-corrected chi connectivity index (χ3v) is 3.16. The molecular weight excluding hydrogens is 192 g/mol. The molecule has 1 fully saturated rings. The Kier molecular flexibility index (Phi) is 2.44. The summed E-state index contributed by atoms with van der Waals surface area (Å²) in [6.45, 7) is 3.14. The molecule has 1 aromatic heterocycles. The maximum Gasteiger partial charge on any atom is 0.308 e. The molecule has 1 aromatic rings. The Balaban J connectivity index is 2.37. The van der Waals surface area contributed by atoms with Gasteiger partial charge in [0.05, 0.1) is 5.92 Å². The Morgan fingerprint density at radius 2 is 2.47 bits per heavy atom. The molecule has 2 heterocycles. The van der Waals surface area contributed by atoms with Crippen LogP contribution in [0.15, 0.2) is 24.4 Å². The summed E-state index contributed by atoms with van der Waals surface area (Å²) in [7, 11) is 0. The van der Waals surface area contributed by atoms with Crippen LogP contribution in [-0.4, -0.2) is 29.1 Å². The van der Waals surface area contributed by atoms with Gasteiger partial charge in [0.15, 0.2) is 0 Å². The maximum atomic E-state index is 11.1. The normalized spacial score (nSPS) is 30.3. The lowest BCUT2D eigenvalue weighted by atomic mass is 9.77. The van der Waals surface area contributed by atoms with Crippen molar-refractivity contribution in [2.45, 2.75) is 12.3 Å². The standard InChI is InChI=1S/C11H14N2O2/c1-11(9-4-2-3-5-13-9)7-12-6-8(11)10(14)15/h2-5,8,12H,6-7H2,1H3,(H,14,15)/t8-,11+/m1/s1. The first-order valence-corrected chi connectivity index (χ1v) is 4.99. The third-order valence-electron chi connectivity index (χ3n) is 3.16. The van der Waals surface area contributed by atoms with Gasteiger partial charge >= 0.3 is 5.97 Å². The highest BCUT2D eigenvalue weighted by Crippen LogP contribution is 2.33. The lowest BCUT2D eigenvalue weighted by molar-refractivity contribution is -0.142. The maximum absolute atomic E-state index is 11.1. The fourth-order valence-electron chi connectivity index (χ4n) is 2.15. The molecule has 0 aromatic carbocycles. The zero-order chi connectivity index (χ0) is 10.9. The van der Waals surface area contributed by atoms with Gasteiger partial charge in [-0.2, -0.15) is 0 Å². The highest BCUT2D eigenvalue weighted by Gasteiger charge is 2.45.